The van der Waals surface area contributed by atoms with Gasteiger partial charge in [-0.1, -0.05) is 18.6 Å². The highest BCUT2D eigenvalue weighted by molar-refractivity contribution is 6.13. The molecule has 5 aromatic rings. The van der Waals surface area contributed by atoms with Gasteiger partial charge >= 0.3 is 0 Å². The Morgan fingerprint density at radius 2 is 1.97 bits per heavy atom. The fourth-order valence-corrected chi connectivity index (χ4v) is 5.38. The van der Waals surface area contributed by atoms with Gasteiger partial charge in [-0.15, -0.1) is 0 Å². The second kappa shape index (κ2) is 10.3. The lowest BCUT2D eigenvalue weighted by Crippen LogP contribution is -2.42. The van der Waals surface area contributed by atoms with Crippen LogP contribution in [0.1, 0.15) is 36.5 Å². The van der Waals surface area contributed by atoms with Crippen LogP contribution in [-0.4, -0.2) is 56.4 Å². The molecule has 4 aromatic heterocycles. The summed E-state index contributed by atoms with van der Waals surface area (Å²) in [4.78, 5) is 31.5. The minimum Gasteiger partial charge on any atom is -0.351 e. The quantitative estimate of drug-likeness (QED) is 0.313. The molecule has 192 valence electrons. The average molecular weight is 509 g/mol. The van der Waals surface area contributed by atoms with E-state index < -0.39 is 5.82 Å². The predicted molar refractivity (Wildman–Crippen MR) is 147 cm³/mol. The zero-order valence-corrected chi connectivity index (χ0v) is 21.2. The summed E-state index contributed by atoms with van der Waals surface area (Å²) in [6.45, 7) is 4.79. The topological polar surface area (TPSA) is 86.8 Å². The standard InChI is InChI=1S/C30H29FN6O/c1-19-5-2-3-13-37(19)14-12-33-30(38)21-9-7-20(8-10-21)27-24(31)17-35-29-28(27)23-15-25(34-18-26(23)36-29)22-6-4-11-32-16-22/h4,6-11,15-19H,2-3,5,12-14H2,1H3,(H,33,38)(H,35,36). The van der Waals surface area contributed by atoms with E-state index in [4.69, 9.17) is 0 Å². The Kier molecular flexibility index (Phi) is 6.55. The lowest BCUT2D eigenvalue weighted by atomic mass is 9.99. The maximum absolute atomic E-state index is 15.3. The number of pyridine rings is 3. The summed E-state index contributed by atoms with van der Waals surface area (Å²) in [6, 6.07) is 13.4. The molecule has 2 N–H and O–H groups in total. The number of nitrogens with one attached hydrogen (secondary N) is 2. The molecule has 5 heterocycles. The van der Waals surface area contributed by atoms with Gasteiger partial charge in [0, 0.05) is 59.0 Å². The molecule has 1 aliphatic heterocycles. The van der Waals surface area contributed by atoms with Crippen LogP contribution in [0, 0.1) is 5.82 Å². The average Bonchev–Trinajstić information content (AvgIpc) is 3.32. The fourth-order valence-electron chi connectivity index (χ4n) is 5.38. The highest BCUT2D eigenvalue weighted by Gasteiger charge is 2.19. The number of piperidine rings is 1. The molecule has 1 atom stereocenters. The molecule has 1 aromatic carbocycles. The van der Waals surface area contributed by atoms with Crippen molar-refractivity contribution >= 4 is 27.8 Å². The summed E-state index contributed by atoms with van der Waals surface area (Å²) in [5.41, 5.74) is 4.63. The molecule has 6 rings (SSSR count). The summed E-state index contributed by atoms with van der Waals surface area (Å²) in [6.07, 6.45) is 10.1. The van der Waals surface area contributed by atoms with E-state index in [0.29, 0.717) is 40.3 Å². The van der Waals surface area contributed by atoms with E-state index in [1.54, 1.807) is 42.9 Å². The lowest BCUT2D eigenvalue weighted by molar-refractivity contribution is 0.0938. The minimum absolute atomic E-state index is 0.124. The van der Waals surface area contributed by atoms with Crippen LogP contribution in [-0.2, 0) is 0 Å². The number of hydrogen-bond acceptors (Lipinski definition) is 5. The molecule has 0 spiro atoms. The number of rotatable bonds is 6. The normalized spacial score (nSPS) is 16.2. The van der Waals surface area contributed by atoms with Gasteiger partial charge < -0.3 is 10.3 Å². The van der Waals surface area contributed by atoms with Gasteiger partial charge in [0.2, 0.25) is 0 Å². The molecular weight excluding hydrogens is 479 g/mol. The number of nitrogens with zero attached hydrogens (tertiary/aromatic N) is 4. The SMILES string of the molecule is CC1CCCCN1CCNC(=O)c1ccc(-c2c(F)cnc3[nH]c4cnc(-c5cccnc5)cc4c23)cc1. The van der Waals surface area contributed by atoms with Crippen molar-refractivity contribution in [2.24, 2.45) is 0 Å². The summed E-state index contributed by atoms with van der Waals surface area (Å²) in [7, 11) is 0. The number of H-pyrrole nitrogens is 1. The molecule has 0 aliphatic carbocycles. The van der Waals surface area contributed by atoms with Crippen LogP contribution < -0.4 is 5.32 Å². The zero-order valence-electron chi connectivity index (χ0n) is 21.2. The van der Waals surface area contributed by atoms with Crippen molar-refractivity contribution in [3.8, 4) is 22.4 Å². The van der Waals surface area contributed by atoms with E-state index in [1.807, 2.05) is 18.2 Å². The number of aromatic nitrogens is 4. The molecule has 0 saturated carbocycles. The summed E-state index contributed by atoms with van der Waals surface area (Å²) in [5, 5.41) is 4.53. The first-order valence-electron chi connectivity index (χ1n) is 13.1. The summed E-state index contributed by atoms with van der Waals surface area (Å²) >= 11 is 0. The van der Waals surface area contributed by atoms with Crippen LogP contribution in [0.4, 0.5) is 4.39 Å². The summed E-state index contributed by atoms with van der Waals surface area (Å²) < 4.78 is 15.3. The van der Waals surface area contributed by atoms with Crippen molar-refractivity contribution in [3.63, 3.8) is 0 Å². The van der Waals surface area contributed by atoms with Gasteiger partial charge in [0.05, 0.1) is 23.6 Å². The summed E-state index contributed by atoms with van der Waals surface area (Å²) in [5.74, 6) is -0.549. The number of hydrogen-bond donors (Lipinski definition) is 2. The molecule has 1 amide bonds. The van der Waals surface area contributed by atoms with E-state index in [2.05, 4.69) is 37.1 Å². The number of likely N-dealkylation sites (tertiary alicyclic amines) is 1. The third kappa shape index (κ3) is 4.63. The Bertz CT molecular complexity index is 1600. The number of amides is 1. The Balaban J connectivity index is 1.28. The van der Waals surface area contributed by atoms with E-state index in [1.165, 1.54) is 25.5 Å². The van der Waals surface area contributed by atoms with Crippen molar-refractivity contribution in [1.82, 2.24) is 30.2 Å². The van der Waals surface area contributed by atoms with Crippen LogP contribution in [0.5, 0.6) is 0 Å². The molecule has 1 fully saturated rings. The Labute approximate surface area is 220 Å². The van der Waals surface area contributed by atoms with Gasteiger partial charge in [0.1, 0.15) is 11.5 Å². The molecule has 1 aliphatic rings. The predicted octanol–water partition coefficient (Wildman–Crippen LogP) is 5.58. The van der Waals surface area contributed by atoms with Crippen molar-refractivity contribution in [2.45, 2.75) is 32.2 Å². The first-order chi connectivity index (χ1) is 18.6. The molecule has 1 saturated heterocycles. The highest BCUT2D eigenvalue weighted by Crippen LogP contribution is 2.36. The molecule has 0 radical (unpaired) electrons. The zero-order chi connectivity index (χ0) is 26.1. The third-order valence-corrected chi connectivity index (χ3v) is 7.48. The van der Waals surface area contributed by atoms with Gasteiger partial charge in [0.25, 0.3) is 5.91 Å². The van der Waals surface area contributed by atoms with Crippen LogP contribution in [0.25, 0.3) is 44.3 Å². The van der Waals surface area contributed by atoms with Crippen LogP contribution >= 0.6 is 0 Å². The monoisotopic (exact) mass is 508 g/mol. The highest BCUT2D eigenvalue weighted by atomic mass is 19.1. The Hall–Kier alpha value is -4.17. The van der Waals surface area contributed by atoms with Crippen molar-refractivity contribution in [2.75, 3.05) is 19.6 Å². The van der Waals surface area contributed by atoms with E-state index in [9.17, 15) is 4.79 Å². The van der Waals surface area contributed by atoms with Crippen LogP contribution in [0.15, 0.2) is 67.3 Å². The van der Waals surface area contributed by atoms with E-state index in [-0.39, 0.29) is 5.91 Å². The molecule has 8 heteroatoms. The smallest absolute Gasteiger partial charge is 0.251 e. The van der Waals surface area contributed by atoms with Crippen molar-refractivity contribution < 1.29 is 9.18 Å². The number of benzene rings is 1. The number of fused-ring (bicyclic) bond motifs is 3. The van der Waals surface area contributed by atoms with Gasteiger partial charge in [0.15, 0.2) is 0 Å². The number of aromatic amines is 1. The maximum atomic E-state index is 15.3. The largest absolute Gasteiger partial charge is 0.351 e. The Morgan fingerprint density at radius 3 is 2.76 bits per heavy atom. The molecule has 7 nitrogen and oxygen atoms in total. The van der Waals surface area contributed by atoms with Crippen LogP contribution in [0.3, 0.4) is 0 Å². The molecule has 1 unspecified atom stereocenters. The van der Waals surface area contributed by atoms with Crippen LogP contribution in [0.2, 0.25) is 0 Å². The molecule has 0 bridgehead atoms. The van der Waals surface area contributed by atoms with E-state index >= 15 is 4.39 Å². The first kappa shape index (κ1) is 24.2. The Morgan fingerprint density at radius 1 is 1.11 bits per heavy atom. The lowest BCUT2D eigenvalue weighted by Gasteiger charge is -2.33. The number of halogens is 1. The second-order valence-electron chi connectivity index (χ2n) is 9.90. The maximum Gasteiger partial charge on any atom is 0.251 e. The second-order valence-corrected chi connectivity index (χ2v) is 9.90. The van der Waals surface area contributed by atoms with Crippen molar-refractivity contribution in [3.05, 3.63) is 78.6 Å². The van der Waals surface area contributed by atoms with E-state index in [0.717, 1.165) is 35.2 Å². The minimum atomic E-state index is -0.425. The van der Waals surface area contributed by atoms with Gasteiger partial charge in [-0.05, 0) is 62.2 Å². The number of carbonyl (C=O) groups is 1. The number of carbonyl (C=O) groups excluding carboxylic acids is 1. The first-order valence-corrected chi connectivity index (χ1v) is 13.1. The third-order valence-electron chi connectivity index (χ3n) is 7.48. The molecule has 38 heavy (non-hydrogen) atoms. The molecular formula is C30H29FN6O. The van der Waals surface area contributed by atoms with Crippen molar-refractivity contribution in [1.29, 1.82) is 0 Å². The van der Waals surface area contributed by atoms with Gasteiger partial charge in [-0.2, -0.15) is 0 Å². The fraction of sp³-hybridized carbons (Fsp3) is 0.267. The van der Waals surface area contributed by atoms with Gasteiger partial charge in [-0.25, -0.2) is 9.37 Å². The van der Waals surface area contributed by atoms with Gasteiger partial charge in [-0.3, -0.25) is 19.7 Å².